The van der Waals surface area contributed by atoms with Gasteiger partial charge in [-0.3, -0.25) is 0 Å². The van der Waals surface area contributed by atoms with Gasteiger partial charge < -0.3 is 5.11 Å². The second kappa shape index (κ2) is 4.85. The molecule has 18 heavy (non-hydrogen) atoms. The molecule has 0 radical (unpaired) electrons. The van der Waals surface area contributed by atoms with Gasteiger partial charge in [0.2, 0.25) is 0 Å². The van der Waals surface area contributed by atoms with Crippen LogP contribution in [-0.2, 0) is 0 Å². The number of hydrogen-bond donors (Lipinski definition) is 1. The van der Waals surface area contributed by atoms with E-state index in [-0.39, 0.29) is 5.92 Å². The second-order valence-corrected chi connectivity index (χ2v) is 5.04. The maximum atomic E-state index is 10.3. The van der Waals surface area contributed by atoms with Gasteiger partial charge in [0.05, 0.1) is 0 Å². The summed E-state index contributed by atoms with van der Waals surface area (Å²) >= 11 is 0. The molecule has 0 amide bonds. The van der Waals surface area contributed by atoms with Crippen LogP contribution in [0.15, 0.2) is 36.4 Å². The zero-order valence-corrected chi connectivity index (χ0v) is 11.5. The lowest BCUT2D eigenvalue weighted by Crippen LogP contribution is -2.02. The van der Waals surface area contributed by atoms with Crippen molar-refractivity contribution in [2.75, 3.05) is 0 Å². The smallest absolute Gasteiger partial charge is 0.122 e. The zero-order chi connectivity index (χ0) is 13.3. The molecular formula is C17H20O. The first kappa shape index (κ1) is 12.7. The third-order valence-electron chi connectivity index (χ3n) is 3.72. The van der Waals surface area contributed by atoms with Crippen LogP contribution in [0, 0.1) is 20.8 Å². The fraction of sp³-hybridized carbons (Fsp3) is 0.294. The molecule has 1 N–H and O–H groups in total. The second-order valence-electron chi connectivity index (χ2n) is 5.04. The monoisotopic (exact) mass is 240 g/mol. The number of aromatic hydroxyl groups is 1. The van der Waals surface area contributed by atoms with Crippen molar-refractivity contribution in [3.63, 3.8) is 0 Å². The Balaban J connectivity index is 2.56. The Bertz CT molecular complexity index is 570. The van der Waals surface area contributed by atoms with Crippen LogP contribution in [0.5, 0.6) is 5.75 Å². The summed E-state index contributed by atoms with van der Waals surface area (Å²) in [5, 5.41) is 10.3. The molecule has 0 saturated heterocycles. The highest BCUT2D eigenvalue weighted by Crippen LogP contribution is 2.36. The highest BCUT2D eigenvalue weighted by atomic mass is 16.3. The van der Waals surface area contributed by atoms with Gasteiger partial charge in [0.15, 0.2) is 0 Å². The van der Waals surface area contributed by atoms with Crippen molar-refractivity contribution in [3.05, 3.63) is 64.2 Å². The molecule has 0 fully saturated rings. The molecule has 0 aliphatic carbocycles. The number of hydrogen-bond acceptors (Lipinski definition) is 1. The van der Waals surface area contributed by atoms with E-state index in [1.807, 2.05) is 13.0 Å². The molecule has 1 nitrogen and oxygen atoms in total. The van der Waals surface area contributed by atoms with E-state index in [4.69, 9.17) is 0 Å². The van der Waals surface area contributed by atoms with Gasteiger partial charge >= 0.3 is 0 Å². The molecule has 1 heteroatoms. The third kappa shape index (κ3) is 2.13. The molecule has 94 valence electrons. The quantitative estimate of drug-likeness (QED) is 0.821. The van der Waals surface area contributed by atoms with Crippen LogP contribution < -0.4 is 0 Å². The Morgan fingerprint density at radius 1 is 0.833 bits per heavy atom. The highest BCUT2D eigenvalue weighted by molar-refractivity contribution is 5.50. The van der Waals surface area contributed by atoms with Crippen molar-refractivity contribution in [2.24, 2.45) is 0 Å². The summed E-state index contributed by atoms with van der Waals surface area (Å²) in [5.41, 5.74) is 5.68. The van der Waals surface area contributed by atoms with Gasteiger partial charge in [-0.15, -0.1) is 0 Å². The van der Waals surface area contributed by atoms with Crippen LogP contribution in [0.4, 0.5) is 0 Å². The largest absolute Gasteiger partial charge is 0.507 e. The molecule has 0 heterocycles. The van der Waals surface area contributed by atoms with E-state index in [2.05, 4.69) is 51.1 Å². The van der Waals surface area contributed by atoms with Crippen molar-refractivity contribution in [2.45, 2.75) is 33.6 Å². The normalized spacial score (nSPS) is 12.4. The lowest BCUT2D eigenvalue weighted by Gasteiger charge is -2.19. The van der Waals surface area contributed by atoms with Crippen LogP contribution in [-0.4, -0.2) is 5.11 Å². The Morgan fingerprint density at radius 3 is 2.11 bits per heavy atom. The first-order chi connectivity index (χ1) is 8.52. The van der Waals surface area contributed by atoms with Gasteiger partial charge in [-0.2, -0.15) is 0 Å². The average molecular weight is 240 g/mol. The van der Waals surface area contributed by atoms with Gasteiger partial charge in [0, 0.05) is 11.5 Å². The van der Waals surface area contributed by atoms with Crippen molar-refractivity contribution in [1.29, 1.82) is 0 Å². The molecule has 2 rings (SSSR count). The van der Waals surface area contributed by atoms with Crippen LogP contribution in [0.3, 0.4) is 0 Å². The predicted molar refractivity (Wildman–Crippen MR) is 76.3 cm³/mol. The SMILES string of the molecule is Cc1ccccc1C(C)c1c(C)ccc(C)c1O. The molecule has 0 bridgehead atoms. The standard InChI is InChI=1S/C17H20O/c1-11-7-5-6-8-15(11)14(4)16-12(2)9-10-13(3)17(16)18/h5-10,14,18H,1-4H3. The van der Waals surface area contributed by atoms with Gasteiger partial charge in [0.25, 0.3) is 0 Å². The molecule has 1 unspecified atom stereocenters. The average Bonchev–Trinajstić information content (AvgIpc) is 2.35. The first-order valence-corrected chi connectivity index (χ1v) is 6.37. The minimum Gasteiger partial charge on any atom is -0.507 e. The van der Waals surface area contributed by atoms with E-state index in [1.165, 1.54) is 11.1 Å². The summed E-state index contributed by atoms with van der Waals surface area (Å²) in [5.74, 6) is 0.650. The van der Waals surface area contributed by atoms with Gasteiger partial charge in [-0.05, 0) is 43.0 Å². The minimum atomic E-state index is 0.214. The van der Waals surface area contributed by atoms with E-state index >= 15 is 0 Å². The maximum Gasteiger partial charge on any atom is 0.122 e. The molecule has 0 aliphatic rings. The molecule has 0 aliphatic heterocycles. The summed E-state index contributed by atoms with van der Waals surface area (Å²) in [6.45, 7) is 8.28. The molecular weight excluding hydrogens is 220 g/mol. The fourth-order valence-electron chi connectivity index (χ4n) is 2.59. The lowest BCUT2D eigenvalue weighted by atomic mass is 9.86. The Kier molecular flexibility index (Phi) is 3.42. The maximum absolute atomic E-state index is 10.3. The Morgan fingerprint density at radius 2 is 1.44 bits per heavy atom. The van der Waals surface area contributed by atoms with E-state index in [1.54, 1.807) is 0 Å². The van der Waals surface area contributed by atoms with Crippen molar-refractivity contribution < 1.29 is 5.11 Å². The van der Waals surface area contributed by atoms with Gasteiger partial charge in [-0.25, -0.2) is 0 Å². The minimum absolute atomic E-state index is 0.214. The number of phenols is 1. The molecule has 1 atom stereocenters. The van der Waals surface area contributed by atoms with Crippen molar-refractivity contribution >= 4 is 0 Å². The van der Waals surface area contributed by atoms with Gasteiger partial charge in [-0.1, -0.05) is 43.3 Å². The predicted octanol–water partition coefficient (Wildman–Crippen LogP) is 4.47. The number of phenolic OH excluding ortho intramolecular Hbond substituents is 1. The summed E-state index contributed by atoms with van der Waals surface area (Å²) in [4.78, 5) is 0. The topological polar surface area (TPSA) is 20.2 Å². The Labute approximate surface area is 109 Å². The summed E-state index contributed by atoms with van der Waals surface area (Å²) in [6.07, 6.45) is 0. The highest BCUT2D eigenvalue weighted by Gasteiger charge is 2.17. The summed E-state index contributed by atoms with van der Waals surface area (Å²) < 4.78 is 0. The van der Waals surface area contributed by atoms with Gasteiger partial charge in [0.1, 0.15) is 5.75 Å². The molecule has 2 aromatic carbocycles. The zero-order valence-electron chi connectivity index (χ0n) is 11.5. The van der Waals surface area contributed by atoms with E-state index in [0.29, 0.717) is 5.75 Å². The van der Waals surface area contributed by atoms with Crippen LogP contribution in [0.25, 0.3) is 0 Å². The van der Waals surface area contributed by atoms with E-state index < -0.39 is 0 Å². The van der Waals surface area contributed by atoms with Crippen LogP contribution >= 0.6 is 0 Å². The number of rotatable bonds is 2. The van der Waals surface area contributed by atoms with Crippen LogP contribution in [0.1, 0.15) is 40.7 Å². The molecule has 0 spiro atoms. The molecule has 0 saturated carbocycles. The van der Waals surface area contributed by atoms with Crippen molar-refractivity contribution in [1.82, 2.24) is 0 Å². The summed E-state index contributed by atoms with van der Waals surface area (Å²) in [6, 6.07) is 12.4. The van der Waals surface area contributed by atoms with Crippen molar-refractivity contribution in [3.8, 4) is 5.75 Å². The fourth-order valence-corrected chi connectivity index (χ4v) is 2.59. The Hall–Kier alpha value is -1.76. The summed E-state index contributed by atoms with van der Waals surface area (Å²) in [7, 11) is 0. The van der Waals surface area contributed by atoms with E-state index in [9.17, 15) is 5.11 Å². The lowest BCUT2D eigenvalue weighted by molar-refractivity contribution is 0.461. The van der Waals surface area contributed by atoms with E-state index in [0.717, 1.165) is 16.7 Å². The third-order valence-corrected chi connectivity index (χ3v) is 3.72. The number of aryl methyl sites for hydroxylation is 3. The molecule has 0 aromatic heterocycles. The first-order valence-electron chi connectivity index (χ1n) is 6.37. The van der Waals surface area contributed by atoms with Crippen LogP contribution in [0.2, 0.25) is 0 Å². The number of benzene rings is 2. The molecule has 2 aromatic rings.